The number of nitrogens with zero attached hydrogens (tertiary/aromatic N) is 2. The average molecular weight is 861 g/mol. The van der Waals surface area contributed by atoms with Gasteiger partial charge in [-0.15, -0.1) is 59.1 Å². The third-order valence-electron chi connectivity index (χ3n) is 9.26. The molecule has 0 saturated carbocycles. The summed E-state index contributed by atoms with van der Waals surface area (Å²) in [6, 6.07) is 41.0. The van der Waals surface area contributed by atoms with Crippen molar-refractivity contribution in [2.24, 2.45) is 0 Å². The van der Waals surface area contributed by atoms with Crippen LogP contribution in [0.25, 0.3) is 33.6 Å². The van der Waals surface area contributed by atoms with Crippen molar-refractivity contribution in [1.29, 1.82) is 0 Å². The van der Waals surface area contributed by atoms with E-state index in [0.717, 1.165) is 33.5 Å². The van der Waals surface area contributed by atoms with Gasteiger partial charge in [0.15, 0.2) is 0 Å². The number of aryl methyl sites for hydroxylation is 4. The van der Waals surface area contributed by atoms with Crippen molar-refractivity contribution in [1.82, 2.24) is 9.97 Å². The maximum Gasteiger partial charge on any atom is 0.241 e. The monoisotopic (exact) mass is 861 g/mol. The summed E-state index contributed by atoms with van der Waals surface area (Å²) in [7, 11) is 0. The zero-order valence-corrected chi connectivity index (χ0v) is 30.1. The first kappa shape index (κ1) is 24.0. The van der Waals surface area contributed by atoms with Crippen LogP contribution in [0.2, 0.25) is 0 Å². The summed E-state index contributed by atoms with van der Waals surface area (Å²) in [4.78, 5) is 8.83. The van der Waals surface area contributed by atoms with Crippen molar-refractivity contribution in [2.45, 2.75) is 39.3 Å². The molecule has 1 radical (unpaired) electrons. The van der Waals surface area contributed by atoms with E-state index in [1.54, 1.807) is 18.2 Å². The van der Waals surface area contributed by atoms with Crippen LogP contribution in [-0.2, 0) is 32.9 Å². The number of ether oxygens (including phenoxy) is 2. The number of aromatic nitrogens is 2. The third-order valence-corrected chi connectivity index (χ3v) is 9.26. The molecule has 0 unspecified atom stereocenters. The van der Waals surface area contributed by atoms with Crippen LogP contribution in [0.3, 0.4) is 0 Å². The first-order valence-electron chi connectivity index (χ1n) is 21.7. The average Bonchev–Trinajstić information content (AvgIpc) is 3.25. The fourth-order valence-corrected chi connectivity index (χ4v) is 6.85. The third kappa shape index (κ3) is 6.27. The second-order valence-electron chi connectivity index (χ2n) is 12.4. The molecule has 0 atom stereocenters. The van der Waals surface area contributed by atoms with E-state index < -0.39 is 26.4 Å². The molecule has 1 aliphatic carbocycles. The van der Waals surface area contributed by atoms with Crippen molar-refractivity contribution in [3.05, 3.63) is 162 Å². The van der Waals surface area contributed by atoms with Gasteiger partial charge in [-0.1, -0.05) is 84.7 Å². The summed E-state index contributed by atoms with van der Waals surface area (Å²) in [5, 5.41) is 0. The van der Waals surface area contributed by atoms with E-state index in [1.165, 1.54) is 24.5 Å². The normalized spacial score (nSPS) is 18.3. The van der Waals surface area contributed by atoms with Gasteiger partial charge in [0.2, 0.25) is 6.71 Å². The van der Waals surface area contributed by atoms with Crippen LogP contribution in [0.15, 0.2) is 128 Å². The predicted octanol–water partition coefficient (Wildman–Crippen LogP) is 8.99. The SMILES string of the molecule is [2H]C([2H])([2H])c1c[c-]c(-c2cc(-c3ccccc3)c(C([2H])([2H])[2H])cn2)cc1.[2H]C1([2H])CCC([2H])([2H])c2cc(-c3[c-]ccc4c3Oc3cccc5c3B4c3ccccc3O5)ncc21.[Ir]. The van der Waals surface area contributed by atoms with E-state index >= 15 is 0 Å². The van der Waals surface area contributed by atoms with Crippen LogP contribution in [0, 0.1) is 25.8 Å². The quantitative estimate of drug-likeness (QED) is 0.132. The summed E-state index contributed by atoms with van der Waals surface area (Å²) in [6.45, 7) is -4.56. The van der Waals surface area contributed by atoms with E-state index in [-0.39, 0.29) is 50.8 Å². The first-order chi connectivity index (χ1) is 29.0. The first-order valence-corrected chi connectivity index (χ1v) is 16.7. The summed E-state index contributed by atoms with van der Waals surface area (Å²) in [6.07, 6.45) is -0.145. The molecule has 0 saturated heterocycles. The second-order valence-corrected chi connectivity index (χ2v) is 12.4. The Balaban J connectivity index is 0.000000176. The number of pyridine rings is 2. The Morgan fingerprint density at radius 1 is 0.712 bits per heavy atom. The van der Waals surface area contributed by atoms with Crippen molar-refractivity contribution in [2.75, 3.05) is 0 Å². The van der Waals surface area contributed by atoms with Crippen molar-refractivity contribution >= 4 is 23.1 Å². The minimum absolute atomic E-state index is 0. The maximum atomic E-state index is 8.52. The van der Waals surface area contributed by atoms with Gasteiger partial charge in [0.1, 0.15) is 17.2 Å². The van der Waals surface area contributed by atoms with Gasteiger partial charge in [-0.3, -0.25) is 0 Å². The molecule has 2 aliphatic heterocycles. The Kier molecular flexibility index (Phi) is 6.65. The number of hydrogen-bond donors (Lipinski definition) is 0. The number of rotatable bonds is 3. The van der Waals surface area contributed by atoms with E-state index in [2.05, 4.69) is 28.2 Å². The van der Waals surface area contributed by atoms with E-state index in [1.807, 2.05) is 78.9 Å². The molecule has 3 aliphatic rings. The Morgan fingerprint density at radius 3 is 2.33 bits per heavy atom. The molecule has 10 rings (SSSR count). The van der Waals surface area contributed by atoms with Crippen LogP contribution in [0.4, 0.5) is 0 Å². The fraction of sp³-hybridized carbons (Fsp3) is 0.130. The Hall–Kier alpha value is -5.29. The zero-order chi connectivity index (χ0) is 42.9. The molecule has 2 aromatic heterocycles. The van der Waals surface area contributed by atoms with E-state index in [4.69, 9.17) is 23.2 Å². The van der Waals surface area contributed by atoms with Crippen molar-refractivity contribution in [3.63, 3.8) is 0 Å². The summed E-state index contributed by atoms with van der Waals surface area (Å²) >= 11 is 0. The summed E-state index contributed by atoms with van der Waals surface area (Å²) < 4.78 is 91.9. The predicted molar refractivity (Wildman–Crippen MR) is 206 cm³/mol. The molecular formula is C46H35BIrN2O2-2. The van der Waals surface area contributed by atoms with Gasteiger partial charge >= 0.3 is 0 Å². The minimum atomic E-state index is -2.29. The zero-order valence-electron chi connectivity index (χ0n) is 37.7. The van der Waals surface area contributed by atoms with Gasteiger partial charge in [0, 0.05) is 57.4 Å². The van der Waals surface area contributed by atoms with E-state index in [0.29, 0.717) is 50.7 Å². The molecule has 52 heavy (non-hydrogen) atoms. The Morgan fingerprint density at radius 2 is 1.50 bits per heavy atom. The van der Waals surface area contributed by atoms with Crippen LogP contribution in [0.5, 0.6) is 23.0 Å². The second kappa shape index (κ2) is 14.4. The van der Waals surface area contributed by atoms with Crippen LogP contribution in [0.1, 0.15) is 48.8 Å². The number of benzene rings is 5. The number of para-hydroxylation sites is 1. The van der Waals surface area contributed by atoms with Crippen LogP contribution in [-0.4, -0.2) is 16.7 Å². The molecule has 7 aromatic rings. The van der Waals surface area contributed by atoms with Crippen LogP contribution < -0.4 is 25.9 Å². The molecule has 4 nitrogen and oxygen atoms in total. The Bertz CT molecular complexity index is 2820. The standard InChI is InChI=1S/C27H19BNO2.C19H16N.Ir/c1-2-8-18-16-29-22(15-17(18)7-1)19-9-5-11-21-27(19)31-25-14-6-13-24-26(25)28(21)20-10-3-4-12-23(20)30-24;1-14-8-10-17(11-9-14)19-12-18(15(2)13-20-19)16-6-4-3-5-7-16;/h3-6,10-16H,1-2,7-8H2;3-10,12-13H,1-2H3;/q2*-1;/i7D2,8D2;1D3,2D3;. The number of hydrogen-bond acceptors (Lipinski definition) is 4. The van der Waals surface area contributed by atoms with Crippen molar-refractivity contribution in [3.8, 4) is 56.6 Å². The van der Waals surface area contributed by atoms with Gasteiger partial charge in [-0.25, -0.2) is 0 Å². The molecule has 4 heterocycles. The van der Waals surface area contributed by atoms with Crippen LogP contribution >= 0.6 is 0 Å². The molecule has 6 heteroatoms. The molecule has 255 valence electrons. The molecule has 0 spiro atoms. The molecular weight excluding hydrogens is 816 g/mol. The van der Waals surface area contributed by atoms with Gasteiger partial charge in [0.05, 0.1) is 0 Å². The summed E-state index contributed by atoms with van der Waals surface area (Å²) in [5.41, 5.74) is 7.68. The molecule has 0 bridgehead atoms. The van der Waals surface area contributed by atoms with E-state index in [9.17, 15) is 0 Å². The smallest absolute Gasteiger partial charge is 0.241 e. The largest absolute Gasteiger partial charge is 0.503 e. The Labute approximate surface area is 333 Å². The van der Waals surface area contributed by atoms with Gasteiger partial charge in [-0.2, -0.15) is 0 Å². The van der Waals surface area contributed by atoms with Gasteiger partial charge in [-0.05, 0) is 89.7 Å². The number of fused-ring (bicyclic) bond motifs is 5. The molecule has 0 amide bonds. The van der Waals surface area contributed by atoms with Crippen molar-refractivity contribution < 1.29 is 43.3 Å². The van der Waals surface area contributed by atoms with Gasteiger partial charge < -0.3 is 19.4 Å². The maximum absolute atomic E-state index is 8.52. The summed E-state index contributed by atoms with van der Waals surface area (Å²) in [5.74, 6) is 2.92. The molecule has 5 aromatic carbocycles. The molecule has 0 fully saturated rings. The fourth-order valence-electron chi connectivity index (χ4n) is 6.85. The minimum Gasteiger partial charge on any atom is -0.503 e. The van der Waals surface area contributed by atoms with Gasteiger partial charge in [0.25, 0.3) is 0 Å². The molecule has 0 N–H and O–H groups in total. The topological polar surface area (TPSA) is 44.2 Å².